The van der Waals surface area contributed by atoms with Crippen LogP contribution in [0.1, 0.15) is 24.0 Å². The predicted octanol–water partition coefficient (Wildman–Crippen LogP) is 1.65. The number of nitrogens with one attached hydrogen (secondary N) is 2. The fourth-order valence-corrected chi connectivity index (χ4v) is 3.48. The number of amides is 2. The third kappa shape index (κ3) is 1.48. The van der Waals surface area contributed by atoms with Crippen LogP contribution in [-0.4, -0.2) is 11.8 Å². The molecule has 2 N–H and O–H groups in total. The van der Waals surface area contributed by atoms with Gasteiger partial charge in [0.2, 0.25) is 5.91 Å². The molecule has 4 heteroatoms. The Hall–Kier alpha value is -2.36. The lowest BCUT2D eigenvalue weighted by Gasteiger charge is -2.36. The number of rotatable bonds is 0. The first kappa shape index (κ1) is 11.5. The lowest BCUT2D eigenvalue weighted by Crippen LogP contribution is -2.54. The van der Waals surface area contributed by atoms with Crippen molar-refractivity contribution in [3.05, 3.63) is 47.0 Å². The molecule has 20 heavy (non-hydrogen) atoms. The Labute approximate surface area is 116 Å². The van der Waals surface area contributed by atoms with Crippen LogP contribution in [0.2, 0.25) is 0 Å². The highest BCUT2D eigenvalue weighted by Gasteiger charge is 2.41. The first-order valence-electron chi connectivity index (χ1n) is 6.87. The van der Waals surface area contributed by atoms with Crippen molar-refractivity contribution >= 4 is 23.5 Å². The van der Waals surface area contributed by atoms with Crippen LogP contribution in [0.15, 0.2) is 35.9 Å². The second kappa shape index (κ2) is 4.07. The third-order valence-corrected chi connectivity index (χ3v) is 4.40. The molecule has 2 atom stereocenters. The zero-order valence-electron chi connectivity index (χ0n) is 10.8. The van der Waals surface area contributed by atoms with Crippen LogP contribution in [0, 0.1) is 11.8 Å². The molecule has 2 unspecified atom stereocenters. The van der Waals surface area contributed by atoms with Gasteiger partial charge >= 0.3 is 0 Å². The smallest absolute Gasteiger partial charge is 0.266 e. The molecule has 2 aliphatic carbocycles. The third-order valence-electron chi connectivity index (χ3n) is 4.40. The summed E-state index contributed by atoms with van der Waals surface area (Å²) in [6, 6.07) is 8.05. The average Bonchev–Trinajstić information content (AvgIpc) is 2.50. The van der Waals surface area contributed by atoms with Crippen LogP contribution >= 0.6 is 0 Å². The van der Waals surface area contributed by atoms with Crippen LogP contribution in [-0.2, 0) is 9.59 Å². The average molecular weight is 266 g/mol. The SMILES string of the molecule is O=C1NNC(=O)C2CCC3C=Cc4ccccc4C3=C12. The zero-order chi connectivity index (χ0) is 13.7. The number of carbonyl (C=O) groups is 2. The molecule has 1 aromatic carbocycles. The van der Waals surface area contributed by atoms with Gasteiger partial charge in [-0.1, -0.05) is 36.4 Å². The summed E-state index contributed by atoms with van der Waals surface area (Å²) >= 11 is 0. The van der Waals surface area contributed by atoms with E-state index in [1.165, 1.54) is 0 Å². The van der Waals surface area contributed by atoms with Gasteiger partial charge in [-0.3, -0.25) is 20.4 Å². The summed E-state index contributed by atoms with van der Waals surface area (Å²) in [7, 11) is 0. The molecule has 1 aliphatic heterocycles. The maximum absolute atomic E-state index is 12.2. The van der Waals surface area contributed by atoms with Crippen LogP contribution in [0.3, 0.4) is 0 Å². The van der Waals surface area contributed by atoms with Gasteiger partial charge in [0.25, 0.3) is 5.91 Å². The van der Waals surface area contributed by atoms with Crippen molar-refractivity contribution in [3.63, 3.8) is 0 Å². The van der Waals surface area contributed by atoms with Crippen molar-refractivity contribution in [2.45, 2.75) is 12.8 Å². The summed E-state index contributed by atoms with van der Waals surface area (Å²) in [4.78, 5) is 24.2. The van der Waals surface area contributed by atoms with E-state index >= 15 is 0 Å². The van der Waals surface area contributed by atoms with E-state index in [1.807, 2.05) is 24.3 Å². The molecule has 0 saturated carbocycles. The van der Waals surface area contributed by atoms with Crippen molar-refractivity contribution in [1.29, 1.82) is 0 Å². The molecule has 0 radical (unpaired) electrons. The standard InChI is InChI=1S/C16H14N2O2/c19-15-12-8-7-10-6-5-9-3-1-2-4-11(9)13(10)14(12)16(20)18-17-15/h1-6,10,12H,7-8H2,(H,17,19)(H,18,20). The van der Waals surface area contributed by atoms with Crippen molar-refractivity contribution in [2.24, 2.45) is 11.8 Å². The molecule has 0 bridgehead atoms. The number of carbonyl (C=O) groups excluding carboxylic acids is 2. The van der Waals surface area contributed by atoms with Crippen LogP contribution in [0.4, 0.5) is 0 Å². The quantitative estimate of drug-likeness (QED) is 0.750. The highest BCUT2D eigenvalue weighted by Crippen LogP contribution is 2.45. The van der Waals surface area contributed by atoms with Gasteiger partial charge < -0.3 is 0 Å². The Kier molecular flexibility index (Phi) is 2.33. The largest absolute Gasteiger partial charge is 0.273 e. The first-order chi connectivity index (χ1) is 9.75. The number of benzene rings is 1. The summed E-state index contributed by atoms with van der Waals surface area (Å²) in [5.74, 6) is -0.334. The minimum absolute atomic E-state index is 0.0995. The Balaban J connectivity index is 1.99. The predicted molar refractivity (Wildman–Crippen MR) is 74.9 cm³/mol. The molecule has 1 heterocycles. The van der Waals surface area contributed by atoms with Gasteiger partial charge in [0.1, 0.15) is 0 Å². The Morgan fingerprint density at radius 1 is 1.00 bits per heavy atom. The summed E-state index contributed by atoms with van der Waals surface area (Å²) in [5, 5.41) is 0. The van der Waals surface area contributed by atoms with E-state index in [9.17, 15) is 9.59 Å². The Morgan fingerprint density at radius 2 is 1.85 bits per heavy atom. The normalized spacial score (nSPS) is 27.2. The summed E-state index contributed by atoms with van der Waals surface area (Å²) in [5.41, 5.74) is 8.83. The second-order valence-corrected chi connectivity index (χ2v) is 5.45. The van der Waals surface area contributed by atoms with E-state index in [4.69, 9.17) is 0 Å². The van der Waals surface area contributed by atoms with Crippen molar-refractivity contribution < 1.29 is 9.59 Å². The number of fused-ring (bicyclic) bond motifs is 4. The molecule has 1 aromatic rings. The molecule has 4 nitrogen and oxygen atoms in total. The molecular weight excluding hydrogens is 252 g/mol. The maximum Gasteiger partial charge on any atom is 0.266 e. The second-order valence-electron chi connectivity index (χ2n) is 5.45. The van der Waals surface area contributed by atoms with Gasteiger partial charge in [0, 0.05) is 11.5 Å². The van der Waals surface area contributed by atoms with Crippen molar-refractivity contribution in [1.82, 2.24) is 10.9 Å². The fourth-order valence-electron chi connectivity index (χ4n) is 3.48. The summed E-state index contributed by atoms with van der Waals surface area (Å²) in [6.07, 6.45) is 5.91. The van der Waals surface area contributed by atoms with Gasteiger partial charge in [0.05, 0.1) is 5.92 Å². The minimum atomic E-state index is -0.311. The Morgan fingerprint density at radius 3 is 2.75 bits per heavy atom. The van der Waals surface area contributed by atoms with Crippen LogP contribution < -0.4 is 10.9 Å². The molecule has 0 aromatic heterocycles. The van der Waals surface area contributed by atoms with E-state index in [1.54, 1.807) is 0 Å². The van der Waals surface area contributed by atoms with Gasteiger partial charge in [-0.25, -0.2) is 0 Å². The van der Waals surface area contributed by atoms with Crippen molar-refractivity contribution in [3.8, 4) is 0 Å². The van der Waals surface area contributed by atoms with Gasteiger partial charge in [-0.05, 0) is 29.5 Å². The van der Waals surface area contributed by atoms with E-state index in [-0.39, 0.29) is 23.7 Å². The van der Waals surface area contributed by atoms with E-state index in [0.717, 1.165) is 29.5 Å². The number of hydrogen-bond donors (Lipinski definition) is 2. The number of hydrazine groups is 1. The molecule has 2 amide bonds. The molecule has 4 rings (SSSR count). The molecule has 0 spiro atoms. The van der Waals surface area contributed by atoms with Crippen LogP contribution in [0.5, 0.6) is 0 Å². The number of hydrogen-bond acceptors (Lipinski definition) is 2. The summed E-state index contributed by atoms with van der Waals surface area (Å²) in [6.45, 7) is 0. The van der Waals surface area contributed by atoms with Gasteiger partial charge in [-0.2, -0.15) is 0 Å². The van der Waals surface area contributed by atoms with Gasteiger partial charge in [0.15, 0.2) is 0 Å². The lowest BCUT2D eigenvalue weighted by atomic mass is 9.70. The fraction of sp³-hybridized carbons (Fsp3) is 0.250. The van der Waals surface area contributed by atoms with Gasteiger partial charge in [-0.15, -0.1) is 0 Å². The Bertz CT molecular complexity index is 687. The summed E-state index contributed by atoms with van der Waals surface area (Å²) < 4.78 is 0. The highest BCUT2D eigenvalue weighted by molar-refractivity contribution is 6.11. The maximum atomic E-state index is 12.2. The molecule has 100 valence electrons. The molecule has 1 fully saturated rings. The van der Waals surface area contributed by atoms with Crippen LogP contribution in [0.25, 0.3) is 11.6 Å². The molecular formula is C16H14N2O2. The van der Waals surface area contributed by atoms with E-state index in [2.05, 4.69) is 23.0 Å². The first-order valence-corrected chi connectivity index (χ1v) is 6.87. The molecule has 1 saturated heterocycles. The zero-order valence-corrected chi connectivity index (χ0v) is 10.8. The molecule has 3 aliphatic rings. The topological polar surface area (TPSA) is 58.2 Å². The van der Waals surface area contributed by atoms with Crippen molar-refractivity contribution in [2.75, 3.05) is 0 Å². The highest BCUT2D eigenvalue weighted by atomic mass is 16.2. The minimum Gasteiger partial charge on any atom is -0.273 e. The van der Waals surface area contributed by atoms with E-state index in [0.29, 0.717) is 5.57 Å². The monoisotopic (exact) mass is 266 g/mol. The van der Waals surface area contributed by atoms with E-state index < -0.39 is 0 Å². The lowest BCUT2D eigenvalue weighted by molar-refractivity contribution is -0.134. The number of allylic oxidation sites excluding steroid dienone is 2.